The first kappa shape index (κ1) is 15.2. The molecule has 1 aromatic carbocycles. The second-order valence-electron chi connectivity index (χ2n) is 6.72. The highest BCUT2D eigenvalue weighted by molar-refractivity contribution is 5.56. The van der Waals surface area contributed by atoms with Crippen LogP contribution in [0.4, 0.5) is 5.69 Å². The summed E-state index contributed by atoms with van der Waals surface area (Å²) in [6.07, 6.45) is 3.97. The molecule has 0 aliphatic heterocycles. The van der Waals surface area contributed by atoms with E-state index in [1.807, 2.05) is 6.07 Å². The van der Waals surface area contributed by atoms with Crippen molar-refractivity contribution in [2.24, 2.45) is 17.8 Å². The summed E-state index contributed by atoms with van der Waals surface area (Å²) in [7, 11) is 0. The van der Waals surface area contributed by atoms with Crippen LogP contribution in [0.3, 0.4) is 0 Å². The first-order valence-corrected chi connectivity index (χ1v) is 8.06. The number of benzene rings is 1. The zero-order valence-electron chi connectivity index (χ0n) is 13.4. The van der Waals surface area contributed by atoms with Crippen LogP contribution in [0, 0.1) is 17.8 Å². The van der Waals surface area contributed by atoms with Crippen LogP contribution in [0.15, 0.2) is 24.3 Å². The summed E-state index contributed by atoms with van der Waals surface area (Å²) in [4.78, 5) is 0. The lowest BCUT2D eigenvalue weighted by molar-refractivity contribution is 0.250. The van der Waals surface area contributed by atoms with Gasteiger partial charge in [-0.05, 0) is 36.3 Å². The van der Waals surface area contributed by atoms with E-state index < -0.39 is 0 Å². The van der Waals surface area contributed by atoms with Crippen LogP contribution in [0.25, 0.3) is 0 Å². The molecule has 1 aliphatic rings. The average molecular weight is 275 g/mol. The summed E-state index contributed by atoms with van der Waals surface area (Å²) in [5.41, 5.74) is 1.15. The van der Waals surface area contributed by atoms with Crippen LogP contribution >= 0.6 is 0 Å². The van der Waals surface area contributed by atoms with Crippen molar-refractivity contribution < 1.29 is 4.74 Å². The Morgan fingerprint density at radius 3 is 2.70 bits per heavy atom. The predicted octanol–water partition coefficient (Wildman–Crippen LogP) is 4.96. The molecule has 3 atom stereocenters. The largest absolute Gasteiger partial charge is 0.491 e. The summed E-state index contributed by atoms with van der Waals surface area (Å²) >= 11 is 0. The summed E-state index contributed by atoms with van der Waals surface area (Å²) in [6.45, 7) is 9.88. The second kappa shape index (κ2) is 7.01. The van der Waals surface area contributed by atoms with Crippen molar-refractivity contribution in [3.05, 3.63) is 24.3 Å². The molecule has 1 saturated carbocycles. The van der Waals surface area contributed by atoms with E-state index in [-0.39, 0.29) is 0 Å². The number of ether oxygens (including phenoxy) is 1. The van der Waals surface area contributed by atoms with Gasteiger partial charge in [-0.15, -0.1) is 0 Å². The van der Waals surface area contributed by atoms with Crippen LogP contribution in [0.5, 0.6) is 5.75 Å². The topological polar surface area (TPSA) is 21.3 Å². The lowest BCUT2D eigenvalue weighted by atomic mass is 9.78. The monoisotopic (exact) mass is 275 g/mol. The van der Waals surface area contributed by atoms with Gasteiger partial charge in [0.15, 0.2) is 0 Å². The van der Waals surface area contributed by atoms with E-state index in [4.69, 9.17) is 4.74 Å². The smallest absolute Gasteiger partial charge is 0.142 e. The molecule has 0 saturated heterocycles. The molecule has 20 heavy (non-hydrogen) atoms. The normalized spacial score (nSPS) is 26.6. The number of hydrogen-bond donors (Lipinski definition) is 1. The van der Waals surface area contributed by atoms with E-state index in [1.54, 1.807) is 0 Å². The third kappa shape index (κ3) is 3.91. The molecule has 1 aliphatic carbocycles. The third-order valence-electron chi connectivity index (χ3n) is 4.51. The lowest BCUT2D eigenvalue weighted by Crippen LogP contribution is -2.35. The van der Waals surface area contributed by atoms with E-state index in [1.165, 1.54) is 19.3 Å². The molecule has 0 amide bonds. The molecule has 0 bridgehead atoms. The van der Waals surface area contributed by atoms with Gasteiger partial charge in [-0.25, -0.2) is 0 Å². The summed E-state index contributed by atoms with van der Waals surface area (Å²) in [5, 5.41) is 3.73. The number of rotatable bonds is 5. The van der Waals surface area contributed by atoms with Crippen LogP contribution in [-0.4, -0.2) is 12.6 Å². The van der Waals surface area contributed by atoms with Gasteiger partial charge in [0.2, 0.25) is 0 Å². The molecule has 2 heteroatoms. The van der Waals surface area contributed by atoms with Crippen LogP contribution < -0.4 is 10.1 Å². The standard InChI is InChI=1S/C18H29NO/c1-13(2)12-20-18-11-6-5-9-17(18)19-16-10-7-8-14(3)15(16)4/h5-6,9,11,13-16,19H,7-8,10,12H2,1-4H3. The summed E-state index contributed by atoms with van der Waals surface area (Å²) in [6, 6.07) is 8.92. The first-order valence-electron chi connectivity index (χ1n) is 8.06. The van der Waals surface area contributed by atoms with Crippen LogP contribution in [0.2, 0.25) is 0 Å². The second-order valence-corrected chi connectivity index (χ2v) is 6.72. The van der Waals surface area contributed by atoms with E-state index in [0.29, 0.717) is 12.0 Å². The highest BCUT2D eigenvalue weighted by Gasteiger charge is 2.27. The van der Waals surface area contributed by atoms with Gasteiger partial charge in [-0.1, -0.05) is 52.7 Å². The molecule has 2 rings (SSSR count). The average Bonchev–Trinajstić information content (AvgIpc) is 2.43. The zero-order chi connectivity index (χ0) is 14.5. The molecule has 1 aromatic rings. The maximum absolute atomic E-state index is 5.94. The predicted molar refractivity (Wildman–Crippen MR) is 86.4 cm³/mol. The molecule has 1 fully saturated rings. The van der Waals surface area contributed by atoms with E-state index in [2.05, 4.69) is 51.2 Å². The Morgan fingerprint density at radius 2 is 1.95 bits per heavy atom. The van der Waals surface area contributed by atoms with Crippen molar-refractivity contribution in [1.29, 1.82) is 0 Å². The molecule has 2 nitrogen and oxygen atoms in total. The van der Waals surface area contributed by atoms with Crippen molar-refractivity contribution in [3.8, 4) is 5.75 Å². The molecule has 112 valence electrons. The van der Waals surface area contributed by atoms with Gasteiger partial charge < -0.3 is 10.1 Å². The fourth-order valence-corrected chi connectivity index (χ4v) is 2.95. The van der Waals surface area contributed by atoms with Crippen molar-refractivity contribution in [1.82, 2.24) is 0 Å². The first-order chi connectivity index (χ1) is 9.58. The minimum atomic E-state index is 0.552. The number of para-hydroxylation sites is 2. The quantitative estimate of drug-likeness (QED) is 0.820. The van der Waals surface area contributed by atoms with E-state index in [9.17, 15) is 0 Å². The Morgan fingerprint density at radius 1 is 1.20 bits per heavy atom. The Balaban J connectivity index is 2.04. The highest BCUT2D eigenvalue weighted by atomic mass is 16.5. The van der Waals surface area contributed by atoms with Crippen molar-refractivity contribution >= 4 is 5.69 Å². The third-order valence-corrected chi connectivity index (χ3v) is 4.51. The van der Waals surface area contributed by atoms with Gasteiger partial charge in [0.05, 0.1) is 12.3 Å². The van der Waals surface area contributed by atoms with Gasteiger partial charge in [0, 0.05) is 6.04 Å². The maximum Gasteiger partial charge on any atom is 0.142 e. The highest BCUT2D eigenvalue weighted by Crippen LogP contribution is 2.34. The van der Waals surface area contributed by atoms with Gasteiger partial charge in [0.1, 0.15) is 5.75 Å². The maximum atomic E-state index is 5.94. The van der Waals surface area contributed by atoms with Gasteiger partial charge in [-0.2, -0.15) is 0 Å². The van der Waals surface area contributed by atoms with E-state index >= 15 is 0 Å². The van der Waals surface area contributed by atoms with Crippen molar-refractivity contribution in [3.63, 3.8) is 0 Å². The molecular formula is C18H29NO. The molecular weight excluding hydrogens is 246 g/mol. The van der Waals surface area contributed by atoms with Crippen LogP contribution in [-0.2, 0) is 0 Å². The Labute approximate surface area is 123 Å². The Hall–Kier alpha value is -1.18. The molecule has 0 heterocycles. The van der Waals surface area contributed by atoms with Crippen molar-refractivity contribution in [2.45, 2.75) is 53.0 Å². The fraction of sp³-hybridized carbons (Fsp3) is 0.667. The lowest BCUT2D eigenvalue weighted by Gasteiger charge is -2.35. The number of hydrogen-bond acceptors (Lipinski definition) is 2. The fourth-order valence-electron chi connectivity index (χ4n) is 2.95. The molecule has 1 N–H and O–H groups in total. The van der Waals surface area contributed by atoms with Gasteiger partial charge in [-0.3, -0.25) is 0 Å². The summed E-state index contributed by atoms with van der Waals surface area (Å²) in [5.74, 6) is 3.08. The minimum absolute atomic E-state index is 0.552. The van der Waals surface area contributed by atoms with Crippen molar-refractivity contribution in [2.75, 3.05) is 11.9 Å². The molecule has 3 unspecified atom stereocenters. The van der Waals surface area contributed by atoms with Gasteiger partial charge >= 0.3 is 0 Å². The Bertz CT molecular complexity index is 416. The minimum Gasteiger partial charge on any atom is -0.491 e. The zero-order valence-corrected chi connectivity index (χ0v) is 13.4. The SMILES string of the molecule is CC(C)COc1ccccc1NC1CCCC(C)C1C. The number of anilines is 1. The molecule has 0 aromatic heterocycles. The van der Waals surface area contributed by atoms with Gasteiger partial charge in [0.25, 0.3) is 0 Å². The Kier molecular flexibility index (Phi) is 5.33. The van der Waals surface area contributed by atoms with E-state index in [0.717, 1.165) is 29.9 Å². The molecule has 0 spiro atoms. The summed E-state index contributed by atoms with van der Waals surface area (Å²) < 4.78 is 5.94. The number of nitrogens with one attached hydrogen (secondary N) is 1. The molecule has 0 radical (unpaired) electrons. The van der Waals surface area contributed by atoms with Crippen LogP contribution in [0.1, 0.15) is 47.0 Å².